The first kappa shape index (κ1) is 12.9. The van der Waals surface area contributed by atoms with Gasteiger partial charge in [0.1, 0.15) is 12.4 Å². The summed E-state index contributed by atoms with van der Waals surface area (Å²) < 4.78 is 23.7. The fourth-order valence-electron chi connectivity index (χ4n) is 2.30. The summed E-state index contributed by atoms with van der Waals surface area (Å²) in [5.74, 6) is 1.47. The molecular weight excluding hydrogens is 257 g/mol. The number of quaternary nitrogens is 1. The first-order valence-corrected chi connectivity index (χ1v) is 6.76. The van der Waals surface area contributed by atoms with Gasteiger partial charge in [-0.3, -0.25) is 0 Å². The fraction of sp³-hybridized carbons (Fsp3) is 0.250. The molecule has 0 atom stereocenters. The third-order valence-electron chi connectivity index (χ3n) is 3.34. The third kappa shape index (κ3) is 3.08. The lowest BCUT2D eigenvalue weighted by Crippen LogP contribution is -2.83. The van der Waals surface area contributed by atoms with Crippen molar-refractivity contribution < 1.29 is 19.2 Å². The van der Waals surface area contributed by atoms with Crippen LogP contribution in [-0.4, -0.2) is 13.3 Å². The molecule has 0 saturated heterocycles. The molecule has 3 nitrogen and oxygen atoms in total. The van der Waals surface area contributed by atoms with Gasteiger partial charge in [-0.05, 0) is 29.8 Å². The normalized spacial score (nSPS) is 12.7. The van der Waals surface area contributed by atoms with E-state index in [0.29, 0.717) is 6.79 Å². The second-order valence-corrected chi connectivity index (χ2v) is 4.85. The minimum atomic E-state index is -0.174. The topological polar surface area (TPSA) is 35.1 Å². The Kier molecular flexibility index (Phi) is 3.83. The second-order valence-electron chi connectivity index (χ2n) is 4.85. The van der Waals surface area contributed by atoms with Crippen LogP contribution in [0.1, 0.15) is 11.1 Å². The summed E-state index contributed by atoms with van der Waals surface area (Å²) in [6.45, 7) is 2.06. The van der Waals surface area contributed by atoms with E-state index in [-0.39, 0.29) is 5.82 Å². The van der Waals surface area contributed by atoms with Crippen LogP contribution in [0.25, 0.3) is 0 Å². The van der Waals surface area contributed by atoms with Crippen molar-refractivity contribution in [3.05, 3.63) is 59.4 Å². The molecule has 1 heterocycles. The van der Waals surface area contributed by atoms with Crippen LogP contribution >= 0.6 is 0 Å². The zero-order valence-electron chi connectivity index (χ0n) is 11.1. The number of ether oxygens (including phenoxy) is 2. The van der Waals surface area contributed by atoms with E-state index in [1.807, 2.05) is 18.2 Å². The number of hydrogen-bond donors (Lipinski definition) is 1. The number of benzene rings is 2. The van der Waals surface area contributed by atoms with Gasteiger partial charge in [0.25, 0.3) is 0 Å². The number of fused-ring (bicyclic) bond motifs is 1. The number of hydrogen-bond acceptors (Lipinski definition) is 2. The maximum absolute atomic E-state index is 13.0. The molecular formula is C16H17FNO2+. The Balaban J connectivity index is 1.48. The largest absolute Gasteiger partial charge is 0.454 e. The molecule has 0 amide bonds. The molecule has 0 spiro atoms. The van der Waals surface area contributed by atoms with Crippen molar-refractivity contribution in [2.24, 2.45) is 0 Å². The van der Waals surface area contributed by atoms with Crippen LogP contribution < -0.4 is 14.8 Å². The molecule has 0 unspecified atom stereocenters. The van der Waals surface area contributed by atoms with Gasteiger partial charge in [0.2, 0.25) is 6.79 Å². The highest BCUT2D eigenvalue weighted by Gasteiger charge is 2.13. The quantitative estimate of drug-likeness (QED) is 0.845. The van der Waals surface area contributed by atoms with Gasteiger partial charge in [0.05, 0.1) is 6.54 Å². The van der Waals surface area contributed by atoms with Crippen molar-refractivity contribution in [3.8, 4) is 11.5 Å². The number of rotatable bonds is 5. The van der Waals surface area contributed by atoms with Crippen LogP contribution in [0.15, 0.2) is 42.5 Å². The monoisotopic (exact) mass is 274 g/mol. The van der Waals surface area contributed by atoms with Crippen LogP contribution in [0.2, 0.25) is 0 Å². The number of nitrogens with two attached hydrogens (primary N) is 1. The predicted molar refractivity (Wildman–Crippen MR) is 73.2 cm³/mol. The van der Waals surface area contributed by atoms with Gasteiger partial charge in [0.15, 0.2) is 11.5 Å². The van der Waals surface area contributed by atoms with Gasteiger partial charge in [0, 0.05) is 12.0 Å². The average Bonchev–Trinajstić information content (AvgIpc) is 2.91. The van der Waals surface area contributed by atoms with Crippen LogP contribution in [0.4, 0.5) is 4.39 Å². The van der Waals surface area contributed by atoms with Crippen molar-refractivity contribution in [2.75, 3.05) is 13.3 Å². The smallest absolute Gasteiger partial charge is 0.231 e. The summed E-state index contributed by atoms with van der Waals surface area (Å²) in [6, 6.07) is 12.8. The van der Waals surface area contributed by atoms with E-state index < -0.39 is 0 Å². The lowest BCUT2D eigenvalue weighted by atomic mass is 10.1. The zero-order valence-corrected chi connectivity index (χ0v) is 11.1. The highest BCUT2D eigenvalue weighted by atomic mass is 19.1. The Hall–Kier alpha value is -2.07. The molecule has 2 aromatic rings. The maximum atomic E-state index is 13.0. The summed E-state index contributed by atoms with van der Waals surface area (Å²) in [5.41, 5.74) is 2.24. The van der Waals surface area contributed by atoms with Gasteiger partial charge in [-0.1, -0.05) is 18.2 Å². The Morgan fingerprint density at radius 2 is 1.90 bits per heavy atom. The van der Waals surface area contributed by atoms with Crippen molar-refractivity contribution >= 4 is 0 Å². The van der Waals surface area contributed by atoms with E-state index in [0.717, 1.165) is 36.6 Å². The summed E-state index contributed by atoms with van der Waals surface area (Å²) in [5, 5.41) is 2.18. The van der Waals surface area contributed by atoms with Crippen molar-refractivity contribution in [2.45, 2.75) is 13.0 Å². The van der Waals surface area contributed by atoms with Gasteiger partial charge in [-0.2, -0.15) is 0 Å². The van der Waals surface area contributed by atoms with Crippen molar-refractivity contribution in [3.63, 3.8) is 0 Å². The molecule has 4 heteroatoms. The molecule has 0 fully saturated rings. The van der Waals surface area contributed by atoms with Crippen molar-refractivity contribution in [1.82, 2.24) is 0 Å². The van der Waals surface area contributed by atoms with Crippen LogP contribution in [0.5, 0.6) is 11.5 Å². The molecule has 20 heavy (non-hydrogen) atoms. The van der Waals surface area contributed by atoms with Gasteiger partial charge < -0.3 is 14.8 Å². The Morgan fingerprint density at radius 3 is 2.80 bits per heavy atom. The highest BCUT2D eigenvalue weighted by molar-refractivity contribution is 5.44. The first-order chi connectivity index (χ1) is 9.81. The van der Waals surface area contributed by atoms with Crippen molar-refractivity contribution in [1.29, 1.82) is 0 Å². The Bertz CT molecular complexity index is 601. The fourth-order valence-corrected chi connectivity index (χ4v) is 2.30. The van der Waals surface area contributed by atoms with E-state index >= 15 is 0 Å². The van der Waals surface area contributed by atoms with E-state index in [1.54, 1.807) is 12.1 Å². The molecule has 0 aliphatic carbocycles. The van der Waals surface area contributed by atoms with Crippen LogP contribution in [-0.2, 0) is 13.0 Å². The van der Waals surface area contributed by atoms with E-state index in [4.69, 9.17) is 9.47 Å². The molecule has 0 bridgehead atoms. The van der Waals surface area contributed by atoms with Crippen LogP contribution in [0, 0.1) is 5.82 Å². The SMILES string of the molecule is Fc1cccc(C[NH2+]CCc2ccc3c(c2)OCO3)c1. The van der Waals surface area contributed by atoms with Gasteiger partial charge >= 0.3 is 0 Å². The predicted octanol–water partition coefficient (Wildman–Crippen LogP) is 1.86. The third-order valence-corrected chi connectivity index (χ3v) is 3.34. The Labute approximate surface area is 117 Å². The van der Waals surface area contributed by atoms with Gasteiger partial charge in [-0.25, -0.2) is 4.39 Å². The lowest BCUT2D eigenvalue weighted by Gasteiger charge is -2.04. The number of halogens is 1. The average molecular weight is 274 g/mol. The first-order valence-electron chi connectivity index (χ1n) is 6.76. The summed E-state index contributed by atoms with van der Waals surface area (Å²) >= 11 is 0. The van der Waals surface area contributed by atoms with E-state index in [2.05, 4.69) is 11.4 Å². The molecule has 1 aliphatic rings. The molecule has 0 aromatic heterocycles. The Morgan fingerprint density at radius 1 is 1.00 bits per heavy atom. The molecule has 104 valence electrons. The highest BCUT2D eigenvalue weighted by Crippen LogP contribution is 2.32. The summed E-state index contributed by atoms with van der Waals surface area (Å²) in [7, 11) is 0. The molecule has 2 aromatic carbocycles. The second kappa shape index (κ2) is 5.92. The summed E-state index contributed by atoms with van der Waals surface area (Å²) in [4.78, 5) is 0. The molecule has 1 aliphatic heterocycles. The van der Waals surface area contributed by atoms with E-state index in [9.17, 15) is 4.39 Å². The minimum Gasteiger partial charge on any atom is -0.454 e. The molecule has 0 saturated carbocycles. The lowest BCUT2D eigenvalue weighted by molar-refractivity contribution is -0.670. The van der Waals surface area contributed by atoms with E-state index in [1.165, 1.54) is 11.6 Å². The van der Waals surface area contributed by atoms with Crippen LogP contribution in [0.3, 0.4) is 0 Å². The maximum Gasteiger partial charge on any atom is 0.231 e. The molecule has 2 N–H and O–H groups in total. The molecule has 3 rings (SSSR count). The minimum absolute atomic E-state index is 0.174. The standard InChI is InChI=1S/C16H16FNO2/c17-14-3-1-2-13(8-14)10-18-7-6-12-4-5-15-16(9-12)20-11-19-15/h1-5,8-9,18H,6-7,10-11H2/p+1. The molecule has 0 radical (unpaired) electrons. The zero-order chi connectivity index (χ0) is 13.8. The van der Waals surface area contributed by atoms with Gasteiger partial charge in [-0.15, -0.1) is 0 Å². The summed E-state index contributed by atoms with van der Waals surface area (Å²) in [6.07, 6.45) is 0.950.